The molecule has 0 aromatic heterocycles. The first kappa shape index (κ1) is 27.3. The third-order valence-corrected chi connectivity index (χ3v) is 8.46. The van der Waals surface area contributed by atoms with Crippen molar-refractivity contribution in [2.45, 2.75) is 37.3 Å². The Balaban J connectivity index is 1.97. The third-order valence-electron chi connectivity index (χ3n) is 6.38. The van der Waals surface area contributed by atoms with Gasteiger partial charge in [0.05, 0.1) is 30.5 Å². The van der Waals surface area contributed by atoms with Gasteiger partial charge in [-0.25, -0.2) is 8.42 Å². The van der Waals surface area contributed by atoms with Gasteiger partial charge in [0.15, 0.2) is 0 Å². The van der Waals surface area contributed by atoms with Crippen LogP contribution in [0.5, 0.6) is 5.75 Å². The normalized spacial score (nSPS) is 19.9. The molecule has 3 atom stereocenters. The van der Waals surface area contributed by atoms with Crippen LogP contribution in [0.1, 0.15) is 19.4 Å². The highest BCUT2D eigenvalue weighted by atomic mass is 35.5. The van der Waals surface area contributed by atoms with Gasteiger partial charge >= 0.3 is 0 Å². The summed E-state index contributed by atoms with van der Waals surface area (Å²) in [6.45, 7) is 3.97. The van der Waals surface area contributed by atoms with Crippen molar-refractivity contribution >= 4 is 33.2 Å². The Morgan fingerprint density at radius 2 is 1.83 bits per heavy atom. The minimum Gasteiger partial charge on any atom is -0.488 e. The van der Waals surface area contributed by atoms with E-state index < -0.39 is 16.1 Å². The topological polar surface area (TPSA) is 90.4 Å². The lowest BCUT2D eigenvalue weighted by Crippen LogP contribution is -2.48. The first-order chi connectivity index (χ1) is 16.4. The molecular weight excluding hydrogens is 490 g/mol. The second-order valence-electron chi connectivity index (χ2n) is 9.31. The van der Waals surface area contributed by atoms with Crippen LogP contribution in [0.25, 0.3) is 0 Å². The lowest BCUT2D eigenvalue weighted by atomic mass is 10.0. The highest BCUT2D eigenvalue weighted by Crippen LogP contribution is 2.30. The van der Waals surface area contributed by atoms with Crippen molar-refractivity contribution in [3.8, 4) is 5.75 Å². The molecule has 1 amide bonds. The van der Waals surface area contributed by atoms with Gasteiger partial charge in [0.2, 0.25) is 15.9 Å². The molecule has 0 saturated heterocycles. The second-order valence-corrected chi connectivity index (χ2v) is 11.8. The van der Waals surface area contributed by atoms with Crippen LogP contribution in [0.4, 0.5) is 5.69 Å². The summed E-state index contributed by atoms with van der Waals surface area (Å²) in [4.78, 5) is 17.0. The van der Waals surface area contributed by atoms with E-state index in [1.165, 1.54) is 23.5 Å². The molecule has 0 saturated carbocycles. The van der Waals surface area contributed by atoms with Crippen LogP contribution in [-0.4, -0.2) is 81.6 Å². The molecule has 8 nitrogen and oxygen atoms in total. The molecule has 35 heavy (non-hydrogen) atoms. The molecule has 1 N–H and O–H groups in total. The van der Waals surface area contributed by atoms with E-state index in [1.807, 2.05) is 44.1 Å². The molecule has 10 heteroatoms. The monoisotopic (exact) mass is 523 g/mol. The standard InChI is InChI=1S/C25H34ClN3O5S/c1-17-14-29(18(2)16-30)25(31)13-19-12-21(27(3)4)8-11-23(19)34-24(17)15-28(5)35(32,33)22-9-6-20(26)7-10-22/h6-12,17-18,24,30H,13-16H2,1-5H3/t17-,18+,24-/m1/s1. The van der Waals surface area contributed by atoms with Gasteiger partial charge in [0.25, 0.3) is 0 Å². The molecule has 1 heterocycles. The van der Waals surface area contributed by atoms with Crippen molar-refractivity contribution in [3.05, 3.63) is 53.1 Å². The van der Waals surface area contributed by atoms with Crippen LogP contribution in [0.2, 0.25) is 5.02 Å². The summed E-state index contributed by atoms with van der Waals surface area (Å²) in [7, 11) is 1.57. The molecular formula is C25H34ClN3O5S. The quantitative estimate of drug-likeness (QED) is 0.600. The summed E-state index contributed by atoms with van der Waals surface area (Å²) in [5, 5.41) is 10.2. The summed E-state index contributed by atoms with van der Waals surface area (Å²) >= 11 is 5.93. The van der Waals surface area contributed by atoms with Gasteiger partial charge in [-0.2, -0.15) is 4.31 Å². The van der Waals surface area contributed by atoms with E-state index in [0.717, 1.165) is 11.3 Å². The van der Waals surface area contributed by atoms with Crippen LogP contribution in [0, 0.1) is 5.92 Å². The molecule has 3 rings (SSSR count). The number of carbonyl (C=O) groups excluding carboxylic acids is 1. The molecule has 0 bridgehead atoms. The van der Waals surface area contributed by atoms with Crippen LogP contribution < -0.4 is 9.64 Å². The molecule has 0 unspecified atom stereocenters. The minimum atomic E-state index is -3.78. The zero-order chi connectivity index (χ0) is 25.9. The fourth-order valence-corrected chi connectivity index (χ4v) is 5.36. The number of amides is 1. The van der Waals surface area contributed by atoms with Crippen molar-refractivity contribution in [1.82, 2.24) is 9.21 Å². The number of rotatable bonds is 7. The number of likely N-dealkylation sites (N-methyl/N-ethyl adjacent to an activating group) is 1. The van der Waals surface area contributed by atoms with E-state index in [4.69, 9.17) is 16.3 Å². The molecule has 2 aromatic rings. The molecule has 0 radical (unpaired) electrons. The van der Waals surface area contributed by atoms with E-state index >= 15 is 0 Å². The maximum absolute atomic E-state index is 13.2. The number of hydrogen-bond donors (Lipinski definition) is 1. The van der Waals surface area contributed by atoms with Gasteiger partial charge in [-0.3, -0.25) is 4.79 Å². The van der Waals surface area contributed by atoms with Gasteiger partial charge in [0, 0.05) is 49.9 Å². The van der Waals surface area contributed by atoms with Gasteiger partial charge in [-0.15, -0.1) is 0 Å². The third kappa shape index (κ3) is 6.27. The number of fused-ring (bicyclic) bond motifs is 1. The zero-order valence-corrected chi connectivity index (χ0v) is 22.4. The fraction of sp³-hybridized carbons (Fsp3) is 0.480. The number of carbonyl (C=O) groups is 1. The summed E-state index contributed by atoms with van der Waals surface area (Å²) in [6.07, 6.45) is -0.412. The van der Waals surface area contributed by atoms with Crippen molar-refractivity contribution in [1.29, 1.82) is 0 Å². The van der Waals surface area contributed by atoms with Gasteiger partial charge < -0.3 is 19.6 Å². The van der Waals surface area contributed by atoms with E-state index in [1.54, 1.807) is 24.0 Å². The Morgan fingerprint density at radius 3 is 2.43 bits per heavy atom. The molecule has 0 spiro atoms. The fourth-order valence-electron chi connectivity index (χ4n) is 4.05. The summed E-state index contributed by atoms with van der Waals surface area (Å²) in [6, 6.07) is 11.3. The molecule has 2 aromatic carbocycles. The van der Waals surface area contributed by atoms with Gasteiger partial charge in [0.1, 0.15) is 11.9 Å². The predicted molar refractivity (Wildman–Crippen MR) is 138 cm³/mol. The number of aliphatic hydroxyl groups is 1. The van der Waals surface area contributed by atoms with Crippen molar-refractivity contribution in [3.63, 3.8) is 0 Å². The van der Waals surface area contributed by atoms with Crippen LogP contribution >= 0.6 is 11.6 Å². The Hall–Kier alpha value is -2.33. The van der Waals surface area contributed by atoms with E-state index in [-0.39, 0.29) is 42.3 Å². The smallest absolute Gasteiger partial charge is 0.242 e. The largest absolute Gasteiger partial charge is 0.488 e. The number of anilines is 1. The van der Waals surface area contributed by atoms with Crippen molar-refractivity contribution in [2.24, 2.45) is 5.92 Å². The SMILES string of the molecule is C[C@@H]1CN([C@@H](C)CO)C(=O)Cc2cc(N(C)C)ccc2O[C@@H]1CN(C)S(=O)(=O)c1ccc(Cl)cc1. The van der Waals surface area contributed by atoms with Gasteiger partial charge in [-0.1, -0.05) is 18.5 Å². The number of halogens is 1. The van der Waals surface area contributed by atoms with E-state index in [0.29, 0.717) is 17.3 Å². The Kier molecular flexibility index (Phi) is 8.69. The number of hydrogen-bond acceptors (Lipinski definition) is 6. The Labute approximate surface area is 213 Å². The summed E-state index contributed by atoms with van der Waals surface area (Å²) < 4.78 is 34.1. The first-order valence-corrected chi connectivity index (χ1v) is 13.3. The maximum atomic E-state index is 13.2. The molecule has 1 aliphatic heterocycles. The van der Waals surface area contributed by atoms with Crippen LogP contribution in [-0.2, 0) is 21.2 Å². The molecule has 192 valence electrons. The maximum Gasteiger partial charge on any atom is 0.242 e. The number of aliphatic hydroxyl groups excluding tert-OH is 1. The van der Waals surface area contributed by atoms with Gasteiger partial charge in [-0.05, 0) is 49.4 Å². The van der Waals surface area contributed by atoms with E-state index in [2.05, 4.69) is 0 Å². The zero-order valence-electron chi connectivity index (χ0n) is 20.8. The Bertz CT molecular complexity index is 1140. The predicted octanol–water partition coefficient (Wildman–Crippen LogP) is 2.88. The highest BCUT2D eigenvalue weighted by Gasteiger charge is 2.33. The number of benzene rings is 2. The average Bonchev–Trinajstić information content (AvgIpc) is 2.86. The minimum absolute atomic E-state index is 0.0799. The second kappa shape index (κ2) is 11.2. The summed E-state index contributed by atoms with van der Waals surface area (Å²) in [5.74, 6) is 0.230. The molecule has 0 fully saturated rings. The number of nitrogens with zero attached hydrogens (tertiary/aromatic N) is 3. The number of sulfonamides is 1. The Morgan fingerprint density at radius 1 is 1.17 bits per heavy atom. The van der Waals surface area contributed by atoms with Crippen LogP contribution in [0.15, 0.2) is 47.4 Å². The van der Waals surface area contributed by atoms with E-state index in [9.17, 15) is 18.3 Å². The molecule has 0 aliphatic carbocycles. The highest BCUT2D eigenvalue weighted by molar-refractivity contribution is 7.89. The molecule has 1 aliphatic rings. The number of ether oxygens (including phenoxy) is 1. The lowest BCUT2D eigenvalue weighted by Gasteiger charge is -2.33. The lowest BCUT2D eigenvalue weighted by molar-refractivity contribution is -0.134. The first-order valence-electron chi connectivity index (χ1n) is 11.5. The summed E-state index contributed by atoms with van der Waals surface area (Å²) in [5.41, 5.74) is 1.65. The van der Waals surface area contributed by atoms with Crippen molar-refractivity contribution < 1.29 is 23.1 Å². The van der Waals surface area contributed by atoms with Crippen LogP contribution in [0.3, 0.4) is 0 Å². The van der Waals surface area contributed by atoms with Crippen molar-refractivity contribution in [2.75, 3.05) is 45.7 Å². The average molecular weight is 524 g/mol.